The summed E-state index contributed by atoms with van der Waals surface area (Å²) in [5.41, 5.74) is 2.49. The normalized spacial score (nSPS) is 11.1. The summed E-state index contributed by atoms with van der Waals surface area (Å²) >= 11 is 8.31. The lowest BCUT2D eigenvalue weighted by Gasteiger charge is -2.02. The van der Waals surface area contributed by atoms with Crippen LogP contribution in [0.3, 0.4) is 0 Å². The minimum atomic E-state index is -0.389. The van der Waals surface area contributed by atoms with Crippen molar-refractivity contribution in [3.63, 3.8) is 0 Å². The third kappa shape index (κ3) is 2.85. The van der Waals surface area contributed by atoms with Crippen LogP contribution in [0.15, 0.2) is 72.1 Å². The highest BCUT2D eigenvalue weighted by molar-refractivity contribution is 9.11. The number of fused-ring (bicyclic) bond motifs is 1. The molecule has 0 radical (unpaired) electrons. The molecule has 0 saturated heterocycles. The first kappa shape index (κ1) is 15.7. The maximum absolute atomic E-state index is 12.4. The van der Waals surface area contributed by atoms with Crippen molar-refractivity contribution in [2.45, 2.75) is 0 Å². The first-order valence-corrected chi connectivity index (χ1v) is 9.52. The lowest BCUT2D eigenvalue weighted by atomic mass is 10.2. The van der Waals surface area contributed by atoms with E-state index in [1.807, 2.05) is 53.9 Å². The van der Waals surface area contributed by atoms with Gasteiger partial charge in [0.25, 0.3) is 0 Å². The Morgan fingerprint density at radius 1 is 1.04 bits per heavy atom. The van der Waals surface area contributed by atoms with Crippen LogP contribution in [0.1, 0.15) is 0 Å². The average Bonchev–Trinajstić information content (AvgIpc) is 3.06. The molecule has 6 heteroatoms. The molecule has 4 aromatic rings. The summed E-state index contributed by atoms with van der Waals surface area (Å²) in [5.74, 6) is 0. The van der Waals surface area contributed by atoms with Gasteiger partial charge in [0.05, 0.1) is 15.7 Å². The molecule has 4 rings (SSSR count). The first-order valence-electron chi connectivity index (χ1n) is 7.06. The summed E-state index contributed by atoms with van der Waals surface area (Å²) in [6.45, 7) is 0. The molecule has 0 saturated carbocycles. The van der Waals surface area contributed by atoms with Crippen LogP contribution >= 0.6 is 43.2 Å². The second-order valence-corrected chi connectivity index (χ2v) is 7.79. The SMILES string of the molecule is O=c1oc2c(Br)cc(Br)cc2cc1-c1nc(-c2ccccc2)cs1. The fourth-order valence-electron chi connectivity index (χ4n) is 2.45. The number of hydrogen-bond donors (Lipinski definition) is 0. The number of hydrogen-bond acceptors (Lipinski definition) is 4. The molecular formula is C18H9Br2NO2S. The summed E-state index contributed by atoms with van der Waals surface area (Å²) in [7, 11) is 0. The van der Waals surface area contributed by atoms with Gasteiger partial charge in [-0.05, 0) is 34.1 Å². The van der Waals surface area contributed by atoms with Crippen LogP contribution < -0.4 is 5.63 Å². The van der Waals surface area contributed by atoms with Gasteiger partial charge in [-0.3, -0.25) is 0 Å². The highest BCUT2D eigenvalue weighted by atomic mass is 79.9. The molecule has 2 aromatic carbocycles. The van der Waals surface area contributed by atoms with Crippen LogP contribution in [0, 0.1) is 0 Å². The predicted octanol–water partition coefficient (Wildman–Crippen LogP) is 6.11. The lowest BCUT2D eigenvalue weighted by molar-refractivity contribution is 0.561. The van der Waals surface area contributed by atoms with E-state index >= 15 is 0 Å². The molecule has 0 unspecified atom stereocenters. The van der Waals surface area contributed by atoms with Crippen LogP contribution in [0.2, 0.25) is 0 Å². The van der Waals surface area contributed by atoms with Crippen molar-refractivity contribution < 1.29 is 4.42 Å². The number of rotatable bonds is 2. The first-order chi connectivity index (χ1) is 11.6. The number of aromatic nitrogens is 1. The van der Waals surface area contributed by atoms with Crippen molar-refractivity contribution in [2.24, 2.45) is 0 Å². The van der Waals surface area contributed by atoms with E-state index in [1.165, 1.54) is 11.3 Å². The van der Waals surface area contributed by atoms with E-state index in [1.54, 1.807) is 0 Å². The Bertz CT molecular complexity index is 1100. The fraction of sp³-hybridized carbons (Fsp3) is 0. The second-order valence-electron chi connectivity index (χ2n) is 5.16. The molecule has 0 fully saturated rings. The Labute approximate surface area is 158 Å². The molecule has 2 aromatic heterocycles. The predicted molar refractivity (Wildman–Crippen MR) is 104 cm³/mol. The Morgan fingerprint density at radius 2 is 1.83 bits per heavy atom. The van der Waals surface area contributed by atoms with Crippen molar-refractivity contribution in [1.82, 2.24) is 4.98 Å². The van der Waals surface area contributed by atoms with E-state index in [2.05, 4.69) is 36.8 Å². The molecular weight excluding hydrogens is 454 g/mol. The summed E-state index contributed by atoms with van der Waals surface area (Å²) in [4.78, 5) is 17.0. The highest BCUT2D eigenvalue weighted by Gasteiger charge is 2.14. The Morgan fingerprint density at radius 3 is 2.62 bits per heavy atom. The van der Waals surface area contributed by atoms with Gasteiger partial charge in [-0.1, -0.05) is 46.3 Å². The van der Waals surface area contributed by atoms with Crippen LogP contribution in [0.5, 0.6) is 0 Å². The van der Waals surface area contributed by atoms with E-state index in [4.69, 9.17) is 4.42 Å². The second kappa shape index (κ2) is 6.27. The zero-order chi connectivity index (χ0) is 16.7. The Balaban J connectivity index is 1.87. The van der Waals surface area contributed by atoms with Crippen molar-refractivity contribution in [1.29, 1.82) is 0 Å². The smallest absolute Gasteiger partial charge is 0.346 e. The van der Waals surface area contributed by atoms with E-state index < -0.39 is 0 Å². The largest absolute Gasteiger partial charge is 0.421 e. The summed E-state index contributed by atoms with van der Waals surface area (Å²) in [6.07, 6.45) is 0. The van der Waals surface area contributed by atoms with E-state index in [9.17, 15) is 4.79 Å². The summed E-state index contributed by atoms with van der Waals surface area (Å²) in [6, 6.07) is 15.5. The van der Waals surface area contributed by atoms with Crippen molar-refractivity contribution in [2.75, 3.05) is 0 Å². The topological polar surface area (TPSA) is 43.1 Å². The standard InChI is InChI=1S/C18H9Br2NO2S/c19-12-6-11-7-13(18(22)23-16(11)14(20)8-12)17-21-15(9-24-17)10-4-2-1-3-5-10/h1-9H. The van der Waals surface area contributed by atoms with Gasteiger partial charge >= 0.3 is 5.63 Å². The van der Waals surface area contributed by atoms with Crippen LogP contribution in [0.4, 0.5) is 0 Å². The van der Waals surface area contributed by atoms with Gasteiger partial charge in [0.2, 0.25) is 0 Å². The average molecular weight is 463 g/mol. The summed E-state index contributed by atoms with van der Waals surface area (Å²) in [5, 5.41) is 3.44. The van der Waals surface area contributed by atoms with Crippen LogP contribution in [0.25, 0.3) is 32.8 Å². The molecule has 118 valence electrons. The van der Waals surface area contributed by atoms with E-state index in [-0.39, 0.29) is 5.63 Å². The molecule has 0 bridgehead atoms. The molecule has 0 N–H and O–H groups in total. The number of halogens is 2. The molecule has 0 aliphatic carbocycles. The van der Waals surface area contributed by atoms with Crippen molar-refractivity contribution in [3.8, 4) is 21.8 Å². The maximum atomic E-state index is 12.4. The number of nitrogens with zero attached hydrogens (tertiary/aromatic N) is 1. The third-order valence-corrected chi connectivity index (χ3v) is 5.48. The number of benzene rings is 2. The van der Waals surface area contributed by atoms with Gasteiger partial charge in [0.1, 0.15) is 5.01 Å². The molecule has 2 heterocycles. The monoisotopic (exact) mass is 461 g/mol. The fourth-order valence-corrected chi connectivity index (χ4v) is 4.62. The Kier molecular flexibility index (Phi) is 4.12. The van der Waals surface area contributed by atoms with Gasteiger partial charge in [0, 0.05) is 20.8 Å². The van der Waals surface area contributed by atoms with Gasteiger partial charge in [-0.25, -0.2) is 9.78 Å². The van der Waals surface area contributed by atoms with Gasteiger partial charge in [-0.2, -0.15) is 0 Å². The molecule has 0 spiro atoms. The minimum Gasteiger partial charge on any atom is -0.421 e. The molecule has 0 amide bonds. The molecule has 24 heavy (non-hydrogen) atoms. The summed E-state index contributed by atoms with van der Waals surface area (Å²) < 4.78 is 7.14. The lowest BCUT2D eigenvalue weighted by Crippen LogP contribution is -2.02. The third-order valence-electron chi connectivity index (χ3n) is 3.56. The molecule has 0 aliphatic heterocycles. The quantitative estimate of drug-likeness (QED) is 0.337. The van der Waals surface area contributed by atoms with Gasteiger partial charge in [-0.15, -0.1) is 11.3 Å². The Hall–Kier alpha value is -1.76. The molecule has 3 nitrogen and oxygen atoms in total. The maximum Gasteiger partial charge on any atom is 0.346 e. The molecule has 0 atom stereocenters. The van der Waals surface area contributed by atoms with Crippen molar-refractivity contribution >= 4 is 54.2 Å². The highest BCUT2D eigenvalue weighted by Crippen LogP contribution is 2.32. The van der Waals surface area contributed by atoms with Gasteiger partial charge in [0.15, 0.2) is 5.58 Å². The van der Waals surface area contributed by atoms with E-state index in [0.29, 0.717) is 16.2 Å². The number of thiazole rings is 1. The minimum absolute atomic E-state index is 0.389. The van der Waals surface area contributed by atoms with E-state index in [0.717, 1.165) is 25.6 Å². The zero-order valence-electron chi connectivity index (χ0n) is 12.1. The zero-order valence-corrected chi connectivity index (χ0v) is 16.1. The molecule has 0 aliphatic rings. The van der Waals surface area contributed by atoms with Crippen molar-refractivity contribution in [3.05, 3.63) is 73.3 Å². The van der Waals surface area contributed by atoms with Gasteiger partial charge < -0.3 is 4.42 Å². The van der Waals surface area contributed by atoms with Crippen LogP contribution in [-0.2, 0) is 0 Å². The van der Waals surface area contributed by atoms with Crippen LogP contribution in [-0.4, -0.2) is 4.98 Å².